The zero-order chi connectivity index (χ0) is 103. The number of rotatable bonds is 15. The van der Waals surface area contributed by atoms with E-state index in [-0.39, 0.29) is 23.0 Å². The van der Waals surface area contributed by atoms with Crippen molar-refractivity contribution in [3.8, 4) is 123 Å². The van der Waals surface area contributed by atoms with Gasteiger partial charge in [-0.3, -0.25) is 33.6 Å². The molecule has 34 heteroatoms. The van der Waals surface area contributed by atoms with E-state index in [2.05, 4.69) is 197 Å². The highest BCUT2D eigenvalue weighted by Crippen LogP contribution is 2.49. The van der Waals surface area contributed by atoms with E-state index < -0.39 is 10.0 Å². The Labute approximate surface area is 854 Å². The largest absolute Gasteiger partial charge is 0.361 e. The molecule has 4 aliphatic rings. The van der Waals surface area contributed by atoms with Gasteiger partial charge in [0.25, 0.3) is 0 Å². The first-order valence-electron chi connectivity index (χ1n) is 49.7. The summed E-state index contributed by atoms with van der Waals surface area (Å²) in [7, 11) is 0.403. The van der Waals surface area contributed by atoms with Gasteiger partial charge in [0, 0.05) is 129 Å². The van der Waals surface area contributed by atoms with Gasteiger partial charge in [-0.05, 0) is 317 Å². The number of pyridine rings is 2. The van der Waals surface area contributed by atoms with Crippen molar-refractivity contribution >= 4 is 116 Å². The van der Waals surface area contributed by atoms with Crippen LogP contribution in [0.1, 0.15) is 147 Å². The molecule has 9 aromatic carbocycles. The molecule has 27 rings (SSSR count). The van der Waals surface area contributed by atoms with Crippen LogP contribution in [0.5, 0.6) is 0 Å². The molecule has 746 valence electrons. The molecular weight excluding hydrogens is 1890 g/mol. The maximum atomic E-state index is 12.6. The highest BCUT2D eigenvalue weighted by molar-refractivity contribution is 7.93. The number of aryl methyl sites for hydroxylation is 17. The van der Waals surface area contributed by atoms with E-state index in [0.29, 0.717) is 42.9 Å². The topological polar surface area (TPSA) is 439 Å². The van der Waals surface area contributed by atoms with Gasteiger partial charge in [-0.25, -0.2) is 33.3 Å². The monoisotopic (exact) mass is 2000 g/mol. The minimum Gasteiger partial charge on any atom is -0.361 e. The lowest BCUT2D eigenvalue weighted by atomic mass is 9.90. The molecule has 33 nitrogen and oxygen atoms in total. The van der Waals surface area contributed by atoms with Crippen LogP contribution in [0.2, 0.25) is 0 Å². The predicted molar refractivity (Wildman–Crippen MR) is 577 cm³/mol. The average molecular weight is 2000 g/mol. The summed E-state index contributed by atoms with van der Waals surface area (Å²) in [5.74, 6) is 8.43. The number of H-pyrrole nitrogens is 5. The normalized spacial score (nSPS) is 13.5. The van der Waals surface area contributed by atoms with Crippen LogP contribution in [0.4, 0.5) is 17.3 Å². The van der Waals surface area contributed by atoms with E-state index in [1.807, 2.05) is 187 Å². The molecule has 0 spiro atoms. The lowest BCUT2D eigenvalue weighted by molar-refractivity contribution is -0.117. The molecule has 0 atom stereocenters. The second kappa shape index (κ2) is 37.4. The molecule has 0 saturated heterocycles. The molecule has 23 aromatic rings. The summed E-state index contributed by atoms with van der Waals surface area (Å²) in [4.78, 5) is 74.0. The molecule has 14 aromatic heterocycles. The molecule has 149 heavy (non-hydrogen) atoms. The molecule has 2 amide bonds. The van der Waals surface area contributed by atoms with Gasteiger partial charge in [-0.1, -0.05) is 74.3 Å². The van der Waals surface area contributed by atoms with Crippen molar-refractivity contribution in [1.82, 2.24) is 105 Å². The Morgan fingerprint density at radius 3 is 1.19 bits per heavy atom. The number of carbonyl (C=O) groups is 2. The van der Waals surface area contributed by atoms with Crippen LogP contribution in [-0.2, 0) is 46.5 Å². The van der Waals surface area contributed by atoms with E-state index >= 15 is 0 Å². The maximum absolute atomic E-state index is 12.6. The van der Waals surface area contributed by atoms with Crippen molar-refractivity contribution in [3.63, 3.8) is 0 Å². The minimum absolute atomic E-state index is 0.0647. The van der Waals surface area contributed by atoms with Crippen LogP contribution in [-0.4, -0.2) is 131 Å². The summed E-state index contributed by atoms with van der Waals surface area (Å²) >= 11 is 0. The number of aromatic nitrogens is 21. The van der Waals surface area contributed by atoms with Crippen molar-refractivity contribution in [1.29, 1.82) is 0 Å². The first-order valence-corrected chi connectivity index (χ1v) is 51.2. The van der Waals surface area contributed by atoms with Crippen LogP contribution in [0.3, 0.4) is 0 Å². The van der Waals surface area contributed by atoms with Crippen LogP contribution in [0.25, 0.3) is 200 Å². The third-order valence-electron chi connectivity index (χ3n) is 28.5. The smallest absolute Gasteiger partial charge is 0.237 e. The van der Waals surface area contributed by atoms with Crippen molar-refractivity contribution in [2.45, 2.75) is 166 Å². The standard InChI is InChI=1S/C26H22N6O.C25H23N5O3S.C24H22N4O2.C22H20N4O2.C18H19N5O/c1-14-7-8-21-19(6-5-9-27-21)23(14)20-10-17(24-15(2)31-33-16(24)3)11-22-25(20)30-26(29-22)18-12-28-32(4)13-18;1-13-6-9-20-18(5-4-10-26-20)22(13)19-11-16(23-14(2)29-33-15(23)3)12-21-24(19)28-25(27-21)30-34(31,32)17-7-8-17;1-12-22(13(2)30-28-12)15-10-18(23-20(11-15)26-24(27-23)14-6-7-14)16-4-3-5-19-17(16)8-9-21(29)25-19;1-11-21(12(2)28-26-11)14-9-17(22-19(10-14)23-13(3)24-22)15-5-4-6-18-16(15)7-8-20(27)25-18;1-9-8-19-23(5)18(9)14-6-13(16-10(2)22-24-11(16)3)7-15-17(14)21-12(4)20-15/h5-13H,1-4H3,(H,29,30);4-6,9-12,17H,7-8H2,1-3H3,(H2,27,28,30);3-5,10-11,14H,6-9H2,1-2H3,(H,25,29)(H,26,27);4-6,9-10H,7-8H2,1-3H3,(H,23,24)(H,25,27);6-8H,1-5H3,(H,20,21). The molecule has 0 bridgehead atoms. The fraction of sp³-hybridized carbons (Fsp3) is 0.235. The lowest BCUT2D eigenvalue weighted by Gasteiger charge is -2.20. The molecule has 2 aliphatic heterocycles. The van der Waals surface area contributed by atoms with Crippen molar-refractivity contribution < 1.29 is 40.6 Å². The average Bonchev–Trinajstić information content (AvgIpc) is 1.68. The van der Waals surface area contributed by atoms with E-state index in [0.717, 1.165) is 304 Å². The maximum Gasteiger partial charge on any atom is 0.237 e. The number of imidazole rings is 5. The molecule has 16 heterocycles. The summed E-state index contributed by atoms with van der Waals surface area (Å²) in [6.45, 7) is 29.6. The highest BCUT2D eigenvalue weighted by Gasteiger charge is 2.38. The molecule has 8 N–H and O–H groups in total. The number of anilines is 3. The Balaban J connectivity index is 0.000000103. The van der Waals surface area contributed by atoms with E-state index in [1.165, 1.54) is 24.0 Å². The Morgan fingerprint density at radius 1 is 0.369 bits per heavy atom. The SMILES string of the molecule is Cc1ccc2ncccc2c1-c1cc(-c2c(C)noc2C)cc2[nH]c(-c3cnn(C)c3)nc12.Cc1ccc2ncccc2c1-c1cc(-c2c(C)noc2C)cc2[nH]c(NS(=O)(=O)C3CC3)nc12.Cc1nc2c(-c3c(C)cnn3C)cc(-c3c(C)noc3C)cc2[nH]1.Cc1nc2c(-c3cccc4c3CCC(=O)N4)cc(-c3c(C)noc3C)cc2[nH]1.Cc1noc(C)c1-c1cc(-c2cccc3c2CCC(=O)N3)c2nc(C3CC3)[nH]c2c1. The number of fused-ring (bicyclic) bond motifs is 9. The summed E-state index contributed by atoms with van der Waals surface area (Å²) < 4.78 is 58.5. The Bertz CT molecular complexity index is 9380. The first kappa shape index (κ1) is 94.9. The van der Waals surface area contributed by atoms with E-state index in [9.17, 15) is 18.0 Å². The summed E-state index contributed by atoms with van der Waals surface area (Å²) in [5, 5.41) is 37.1. The number of amides is 2. The molecule has 2 fully saturated rings. The van der Waals surface area contributed by atoms with Crippen LogP contribution < -0.4 is 15.4 Å². The van der Waals surface area contributed by atoms with Crippen molar-refractivity contribution in [2.75, 3.05) is 15.4 Å². The van der Waals surface area contributed by atoms with Gasteiger partial charge in [-0.2, -0.15) is 10.2 Å². The summed E-state index contributed by atoms with van der Waals surface area (Å²) in [5.41, 5.74) is 44.3. The van der Waals surface area contributed by atoms with Gasteiger partial charge in [0.2, 0.25) is 27.8 Å². The number of nitrogens with one attached hydrogen (secondary N) is 8. The van der Waals surface area contributed by atoms with Crippen LogP contribution >= 0.6 is 0 Å². The fourth-order valence-electron chi connectivity index (χ4n) is 21.4. The van der Waals surface area contributed by atoms with Gasteiger partial charge in [0.1, 0.15) is 52.1 Å². The molecule has 0 unspecified atom stereocenters. The first-order chi connectivity index (χ1) is 71.8. The Morgan fingerprint density at radius 2 is 0.779 bits per heavy atom. The Kier molecular flexibility index (Phi) is 23.8. The van der Waals surface area contributed by atoms with Crippen LogP contribution in [0, 0.1) is 104 Å². The van der Waals surface area contributed by atoms with Gasteiger partial charge in [0.15, 0.2) is 0 Å². The number of aromatic amines is 5. The molecule has 0 radical (unpaired) electrons. The number of carbonyl (C=O) groups excluding carboxylic acids is 2. The summed E-state index contributed by atoms with van der Waals surface area (Å²) in [6.07, 6.45) is 15.5. The van der Waals surface area contributed by atoms with Crippen LogP contribution in [0.15, 0.2) is 199 Å². The number of nitrogens with zero attached hydrogens (tertiary/aromatic N) is 16. The third-order valence-corrected chi connectivity index (χ3v) is 30.4. The van der Waals surface area contributed by atoms with E-state index in [4.69, 9.17) is 42.6 Å². The van der Waals surface area contributed by atoms with Gasteiger partial charge < -0.3 is 58.2 Å². The van der Waals surface area contributed by atoms with Gasteiger partial charge in [0.05, 0.1) is 124 Å². The fourth-order valence-corrected chi connectivity index (χ4v) is 22.7. The quantitative estimate of drug-likeness (QED) is 0.0472. The zero-order valence-corrected chi connectivity index (χ0v) is 86.1. The number of hydrogen-bond acceptors (Lipinski definition) is 23. The minimum atomic E-state index is -3.45. The molecule has 2 saturated carbocycles. The second-order valence-electron chi connectivity index (χ2n) is 39.3. The van der Waals surface area contributed by atoms with E-state index in [1.54, 1.807) is 10.9 Å². The lowest BCUT2D eigenvalue weighted by Crippen LogP contribution is -2.19. The third kappa shape index (κ3) is 17.7. The number of hydrogen-bond donors (Lipinski definition) is 8. The van der Waals surface area contributed by atoms with Gasteiger partial charge >= 0.3 is 0 Å². The number of sulfonamides is 1. The molecular formula is C115H106N24O9S. The highest BCUT2D eigenvalue weighted by atomic mass is 32.2. The van der Waals surface area contributed by atoms with Gasteiger partial charge in [-0.15, -0.1) is 0 Å². The second-order valence-corrected chi connectivity index (χ2v) is 41.2. The Hall–Kier alpha value is -17.7. The predicted octanol–water partition coefficient (Wildman–Crippen LogP) is 24.8. The zero-order valence-electron chi connectivity index (χ0n) is 85.3. The van der Waals surface area contributed by atoms with Crippen molar-refractivity contribution in [3.05, 3.63) is 279 Å². The molecule has 2 aliphatic carbocycles. The summed E-state index contributed by atoms with van der Waals surface area (Å²) in [6, 6.07) is 49.7. The number of benzene rings is 9. The van der Waals surface area contributed by atoms with Crippen molar-refractivity contribution in [2.24, 2.45) is 14.1 Å².